The first-order valence-corrected chi connectivity index (χ1v) is 4.92. The molecule has 2 atom stereocenters. The molecule has 0 bridgehead atoms. The van der Waals surface area contributed by atoms with Gasteiger partial charge in [0.05, 0.1) is 12.4 Å². The fourth-order valence-corrected chi connectivity index (χ4v) is 1.73. The van der Waals surface area contributed by atoms with E-state index >= 15 is 0 Å². The van der Waals surface area contributed by atoms with Crippen LogP contribution in [0.3, 0.4) is 0 Å². The Balaban J connectivity index is 2.37. The molecule has 78 valence electrons. The summed E-state index contributed by atoms with van der Waals surface area (Å²) in [5.74, 6) is 0. The SMILES string of the molecule is CC(N)C(c1cccnc1)n1ccnc1. The van der Waals surface area contributed by atoms with Crippen LogP contribution in [-0.4, -0.2) is 20.6 Å². The van der Waals surface area contributed by atoms with Crippen LogP contribution in [0, 0.1) is 0 Å². The summed E-state index contributed by atoms with van der Waals surface area (Å²) in [4.78, 5) is 8.15. The Morgan fingerprint density at radius 3 is 2.73 bits per heavy atom. The Morgan fingerprint density at radius 2 is 2.20 bits per heavy atom. The minimum Gasteiger partial charge on any atom is -0.328 e. The van der Waals surface area contributed by atoms with Crippen molar-refractivity contribution in [1.82, 2.24) is 14.5 Å². The maximum atomic E-state index is 5.98. The van der Waals surface area contributed by atoms with E-state index in [1.165, 1.54) is 0 Å². The van der Waals surface area contributed by atoms with Crippen molar-refractivity contribution in [3.63, 3.8) is 0 Å². The third kappa shape index (κ3) is 2.05. The Hall–Kier alpha value is -1.68. The van der Waals surface area contributed by atoms with E-state index in [0.29, 0.717) is 0 Å². The van der Waals surface area contributed by atoms with Gasteiger partial charge in [0.1, 0.15) is 0 Å². The lowest BCUT2D eigenvalue weighted by molar-refractivity contribution is 0.494. The monoisotopic (exact) mass is 202 g/mol. The molecule has 15 heavy (non-hydrogen) atoms. The van der Waals surface area contributed by atoms with Crippen LogP contribution in [0.15, 0.2) is 43.2 Å². The van der Waals surface area contributed by atoms with E-state index in [0.717, 1.165) is 5.56 Å². The van der Waals surface area contributed by atoms with Crippen LogP contribution in [0.25, 0.3) is 0 Å². The molecule has 0 saturated heterocycles. The highest BCUT2D eigenvalue weighted by atomic mass is 15.1. The number of nitrogens with zero attached hydrogens (tertiary/aromatic N) is 3. The summed E-state index contributed by atoms with van der Waals surface area (Å²) >= 11 is 0. The number of rotatable bonds is 3. The Labute approximate surface area is 88.8 Å². The molecule has 2 N–H and O–H groups in total. The summed E-state index contributed by atoms with van der Waals surface area (Å²) in [6, 6.07) is 4.06. The number of aromatic nitrogens is 3. The quantitative estimate of drug-likeness (QED) is 0.814. The number of pyridine rings is 1. The average molecular weight is 202 g/mol. The van der Waals surface area contributed by atoms with Crippen LogP contribution in [0.4, 0.5) is 0 Å². The number of hydrogen-bond acceptors (Lipinski definition) is 3. The molecule has 2 unspecified atom stereocenters. The van der Waals surface area contributed by atoms with Crippen LogP contribution < -0.4 is 5.73 Å². The Kier molecular flexibility index (Phi) is 2.78. The van der Waals surface area contributed by atoms with Crippen molar-refractivity contribution >= 4 is 0 Å². The third-order valence-electron chi connectivity index (χ3n) is 2.37. The lowest BCUT2D eigenvalue weighted by atomic mass is 10.0. The zero-order valence-electron chi connectivity index (χ0n) is 8.62. The molecule has 2 aromatic heterocycles. The van der Waals surface area contributed by atoms with Gasteiger partial charge in [-0.3, -0.25) is 4.98 Å². The normalized spacial score (nSPS) is 14.8. The minimum absolute atomic E-state index is 0.0170. The number of imidazole rings is 1. The summed E-state index contributed by atoms with van der Waals surface area (Å²) < 4.78 is 2.00. The highest BCUT2D eigenvalue weighted by Gasteiger charge is 2.17. The molecule has 2 heterocycles. The molecule has 0 aliphatic rings. The Bertz CT molecular complexity index is 394. The first kappa shape index (κ1) is 9.86. The van der Waals surface area contributed by atoms with Gasteiger partial charge in [0.2, 0.25) is 0 Å². The lowest BCUT2D eigenvalue weighted by Crippen LogP contribution is -2.29. The van der Waals surface area contributed by atoms with E-state index in [-0.39, 0.29) is 12.1 Å². The van der Waals surface area contributed by atoms with Gasteiger partial charge >= 0.3 is 0 Å². The van der Waals surface area contributed by atoms with Gasteiger partial charge in [-0.05, 0) is 18.6 Å². The second-order valence-corrected chi connectivity index (χ2v) is 3.60. The van der Waals surface area contributed by atoms with Gasteiger partial charge in [0, 0.05) is 30.8 Å². The smallest absolute Gasteiger partial charge is 0.0952 e. The zero-order chi connectivity index (χ0) is 10.7. The van der Waals surface area contributed by atoms with E-state index in [4.69, 9.17) is 5.73 Å². The highest BCUT2D eigenvalue weighted by Crippen LogP contribution is 2.19. The highest BCUT2D eigenvalue weighted by molar-refractivity contribution is 5.17. The van der Waals surface area contributed by atoms with E-state index in [1.54, 1.807) is 18.7 Å². The van der Waals surface area contributed by atoms with Crippen molar-refractivity contribution in [3.8, 4) is 0 Å². The lowest BCUT2D eigenvalue weighted by Gasteiger charge is -2.22. The van der Waals surface area contributed by atoms with Gasteiger partial charge < -0.3 is 10.3 Å². The van der Waals surface area contributed by atoms with Crippen LogP contribution in [0.5, 0.6) is 0 Å². The molecule has 0 aliphatic heterocycles. The summed E-state index contributed by atoms with van der Waals surface area (Å²) in [5.41, 5.74) is 7.09. The van der Waals surface area contributed by atoms with Crippen molar-refractivity contribution in [2.45, 2.75) is 19.0 Å². The second-order valence-electron chi connectivity index (χ2n) is 3.60. The molecule has 0 radical (unpaired) electrons. The third-order valence-corrected chi connectivity index (χ3v) is 2.37. The summed E-state index contributed by atoms with van der Waals surface area (Å²) in [7, 11) is 0. The number of nitrogens with two attached hydrogens (primary N) is 1. The van der Waals surface area contributed by atoms with Crippen LogP contribution in [-0.2, 0) is 0 Å². The molecule has 0 spiro atoms. The fraction of sp³-hybridized carbons (Fsp3) is 0.273. The molecule has 0 saturated carbocycles. The molecule has 4 nitrogen and oxygen atoms in total. The van der Waals surface area contributed by atoms with Gasteiger partial charge in [-0.25, -0.2) is 4.98 Å². The van der Waals surface area contributed by atoms with Gasteiger partial charge in [0.15, 0.2) is 0 Å². The molecule has 0 amide bonds. The Morgan fingerprint density at radius 1 is 1.33 bits per heavy atom. The van der Waals surface area contributed by atoms with Gasteiger partial charge in [0.25, 0.3) is 0 Å². The topological polar surface area (TPSA) is 56.7 Å². The van der Waals surface area contributed by atoms with Crippen molar-refractivity contribution in [2.24, 2.45) is 5.73 Å². The van der Waals surface area contributed by atoms with Crippen LogP contribution >= 0.6 is 0 Å². The van der Waals surface area contributed by atoms with Crippen molar-refractivity contribution in [2.75, 3.05) is 0 Å². The average Bonchev–Trinajstić information content (AvgIpc) is 2.72. The molecule has 2 aromatic rings. The summed E-state index contributed by atoms with van der Waals surface area (Å²) in [6.07, 6.45) is 9.05. The molecule has 0 aromatic carbocycles. The standard InChI is InChI=1S/C11H14N4/c1-9(12)11(15-6-5-14-8-15)10-3-2-4-13-7-10/h2-9,11H,12H2,1H3. The second kappa shape index (κ2) is 4.23. The van der Waals surface area contributed by atoms with Crippen LogP contribution in [0.1, 0.15) is 18.5 Å². The molecular formula is C11H14N4. The van der Waals surface area contributed by atoms with Crippen molar-refractivity contribution in [3.05, 3.63) is 48.8 Å². The maximum absolute atomic E-state index is 5.98. The minimum atomic E-state index is 0.0170. The van der Waals surface area contributed by atoms with E-state index < -0.39 is 0 Å². The van der Waals surface area contributed by atoms with Gasteiger partial charge in [-0.1, -0.05) is 6.07 Å². The summed E-state index contributed by atoms with van der Waals surface area (Å²) in [6.45, 7) is 1.98. The summed E-state index contributed by atoms with van der Waals surface area (Å²) in [5, 5.41) is 0. The van der Waals surface area contributed by atoms with Gasteiger partial charge in [-0.15, -0.1) is 0 Å². The predicted octanol–water partition coefficient (Wildman–Crippen LogP) is 1.21. The van der Waals surface area contributed by atoms with Crippen molar-refractivity contribution in [1.29, 1.82) is 0 Å². The molecule has 0 fully saturated rings. The molecule has 0 aliphatic carbocycles. The maximum Gasteiger partial charge on any atom is 0.0952 e. The first-order chi connectivity index (χ1) is 7.29. The van der Waals surface area contributed by atoms with E-state index in [2.05, 4.69) is 9.97 Å². The van der Waals surface area contributed by atoms with E-state index in [9.17, 15) is 0 Å². The predicted molar refractivity (Wildman–Crippen MR) is 58.3 cm³/mol. The fourth-order valence-electron chi connectivity index (χ4n) is 1.73. The first-order valence-electron chi connectivity index (χ1n) is 4.92. The van der Waals surface area contributed by atoms with Gasteiger partial charge in [-0.2, -0.15) is 0 Å². The molecular weight excluding hydrogens is 188 g/mol. The van der Waals surface area contributed by atoms with Crippen LogP contribution in [0.2, 0.25) is 0 Å². The van der Waals surface area contributed by atoms with E-state index in [1.807, 2.05) is 36.0 Å². The van der Waals surface area contributed by atoms with Crippen molar-refractivity contribution < 1.29 is 0 Å². The largest absolute Gasteiger partial charge is 0.328 e. The number of hydrogen-bond donors (Lipinski definition) is 1. The zero-order valence-corrected chi connectivity index (χ0v) is 8.62. The molecule has 4 heteroatoms. The molecule has 2 rings (SSSR count).